The predicted molar refractivity (Wildman–Crippen MR) is 107 cm³/mol. The first-order chi connectivity index (χ1) is 12.0. The maximum absolute atomic E-state index is 6.67. The number of nitrogen functional groups attached to an aromatic ring is 1. The van der Waals surface area contributed by atoms with Crippen LogP contribution < -0.4 is 10.5 Å². The van der Waals surface area contributed by atoms with Gasteiger partial charge >= 0.3 is 0 Å². The Kier molecular flexibility index (Phi) is 5.17. The minimum Gasteiger partial charge on any atom is -0.497 e. The number of benzene rings is 2. The van der Waals surface area contributed by atoms with Gasteiger partial charge in [0.25, 0.3) is 0 Å². The molecule has 132 valence electrons. The number of anilines is 1. The molecular weight excluding hydrogens is 306 g/mol. The van der Waals surface area contributed by atoms with E-state index in [0.717, 1.165) is 34.1 Å². The normalized spacial score (nSPS) is 20.3. The van der Waals surface area contributed by atoms with Crippen LogP contribution in [0, 0.1) is 12.8 Å². The number of ether oxygens (including phenoxy) is 1. The van der Waals surface area contributed by atoms with E-state index in [2.05, 4.69) is 32.6 Å². The number of aryl methyl sites for hydroxylation is 1. The van der Waals surface area contributed by atoms with Crippen molar-refractivity contribution in [2.75, 3.05) is 12.8 Å². The molecule has 3 rings (SSSR count). The molecule has 2 heteroatoms. The Morgan fingerprint density at radius 2 is 1.84 bits per heavy atom. The Morgan fingerprint density at radius 1 is 1.12 bits per heavy atom. The third-order valence-electron chi connectivity index (χ3n) is 5.61. The minimum atomic E-state index is 0.576. The van der Waals surface area contributed by atoms with Crippen LogP contribution in [0.4, 0.5) is 5.69 Å². The predicted octanol–water partition coefficient (Wildman–Crippen LogP) is 5.94. The molecule has 2 nitrogen and oxygen atoms in total. The molecule has 0 radical (unpaired) electrons. The molecule has 2 aromatic carbocycles. The van der Waals surface area contributed by atoms with E-state index in [1.165, 1.54) is 36.8 Å². The summed E-state index contributed by atoms with van der Waals surface area (Å²) in [4.78, 5) is 0. The molecule has 0 aliphatic heterocycles. The average Bonchev–Trinajstić information content (AvgIpc) is 2.61. The highest BCUT2D eigenvalue weighted by Crippen LogP contribution is 2.42. The zero-order chi connectivity index (χ0) is 18.0. The van der Waals surface area contributed by atoms with Gasteiger partial charge in [0.05, 0.1) is 7.11 Å². The van der Waals surface area contributed by atoms with Crippen molar-refractivity contribution in [1.82, 2.24) is 0 Å². The summed E-state index contributed by atoms with van der Waals surface area (Å²) >= 11 is 0. The van der Waals surface area contributed by atoms with Gasteiger partial charge in [-0.1, -0.05) is 50.6 Å². The van der Waals surface area contributed by atoms with Crippen LogP contribution in [0.25, 0.3) is 5.57 Å². The lowest BCUT2D eigenvalue weighted by Gasteiger charge is -2.30. The molecule has 0 spiro atoms. The number of rotatable bonds is 4. The summed E-state index contributed by atoms with van der Waals surface area (Å²) < 4.78 is 5.25. The van der Waals surface area contributed by atoms with Gasteiger partial charge in [0.1, 0.15) is 5.75 Å². The smallest absolute Gasteiger partial charge is 0.118 e. The third kappa shape index (κ3) is 3.58. The maximum atomic E-state index is 6.67. The Labute approximate surface area is 151 Å². The highest BCUT2D eigenvalue weighted by atomic mass is 16.5. The van der Waals surface area contributed by atoms with E-state index in [1.54, 1.807) is 7.11 Å². The van der Waals surface area contributed by atoms with E-state index in [9.17, 15) is 0 Å². The fourth-order valence-electron chi connectivity index (χ4n) is 4.19. The van der Waals surface area contributed by atoms with E-state index in [0.29, 0.717) is 5.92 Å². The van der Waals surface area contributed by atoms with Gasteiger partial charge in [0, 0.05) is 11.3 Å². The molecule has 0 aromatic heterocycles. The Balaban J connectivity index is 1.96. The zero-order valence-electron chi connectivity index (χ0n) is 15.6. The summed E-state index contributed by atoms with van der Waals surface area (Å²) in [6.45, 7) is 8.87. The van der Waals surface area contributed by atoms with Crippen LogP contribution in [0.15, 0.2) is 43.0 Å². The van der Waals surface area contributed by atoms with E-state index < -0.39 is 0 Å². The molecule has 1 saturated carbocycles. The molecule has 0 bridgehead atoms. The average molecular weight is 335 g/mol. The molecule has 2 aromatic rings. The monoisotopic (exact) mass is 335 g/mol. The second-order valence-corrected chi connectivity index (χ2v) is 7.43. The molecular formula is C23H29NO. The lowest BCUT2D eigenvalue weighted by atomic mass is 9.76. The van der Waals surface area contributed by atoms with Crippen LogP contribution in [0.1, 0.15) is 60.8 Å². The highest BCUT2D eigenvalue weighted by Gasteiger charge is 2.25. The van der Waals surface area contributed by atoms with E-state index in [4.69, 9.17) is 10.5 Å². The second-order valence-electron chi connectivity index (χ2n) is 7.43. The number of hydrogen-bond donors (Lipinski definition) is 1. The summed E-state index contributed by atoms with van der Waals surface area (Å²) in [5, 5.41) is 0. The van der Waals surface area contributed by atoms with Crippen molar-refractivity contribution >= 4 is 11.3 Å². The number of hydrogen-bond acceptors (Lipinski definition) is 2. The Hall–Kier alpha value is -2.22. The van der Waals surface area contributed by atoms with Crippen molar-refractivity contribution < 1.29 is 4.74 Å². The minimum absolute atomic E-state index is 0.576. The largest absolute Gasteiger partial charge is 0.497 e. The number of nitrogens with two attached hydrogens (primary N) is 1. The van der Waals surface area contributed by atoms with Crippen LogP contribution in [0.3, 0.4) is 0 Å². The molecule has 2 atom stereocenters. The van der Waals surface area contributed by atoms with Crippen LogP contribution in [0.5, 0.6) is 5.75 Å². The molecule has 1 aliphatic rings. The van der Waals surface area contributed by atoms with E-state index >= 15 is 0 Å². The standard InChI is InChI=1S/C23H29NO/c1-15-6-5-7-19(14-15)22-16(2)8-13-21(23(22)24)17(3)18-9-11-20(25-4)12-10-18/h8-13,15,19H,3,5-7,14,24H2,1-2,4H3. The van der Waals surface area contributed by atoms with Crippen molar-refractivity contribution in [3.05, 3.63) is 65.2 Å². The zero-order valence-corrected chi connectivity index (χ0v) is 15.6. The fraction of sp³-hybridized carbons (Fsp3) is 0.391. The first-order valence-electron chi connectivity index (χ1n) is 9.24. The third-order valence-corrected chi connectivity index (χ3v) is 5.61. The Morgan fingerprint density at radius 3 is 2.48 bits per heavy atom. The van der Waals surface area contributed by atoms with Crippen molar-refractivity contribution in [2.45, 2.75) is 45.4 Å². The second kappa shape index (κ2) is 7.35. The van der Waals surface area contributed by atoms with Crippen molar-refractivity contribution in [1.29, 1.82) is 0 Å². The fourth-order valence-corrected chi connectivity index (χ4v) is 4.19. The van der Waals surface area contributed by atoms with Crippen molar-refractivity contribution in [3.63, 3.8) is 0 Å². The van der Waals surface area contributed by atoms with Gasteiger partial charge in [-0.3, -0.25) is 0 Å². The lowest BCUT2D eigenvalue weighted by Crippen LogP contribution is -2.15. The lowest BCUT2D eigenvalue weighted by molar-refractivity contribution is 0.344. The summed E-state index contributed by atoms with van der Waals surface area (Å²) in [6.07, 6.45) is 5.12. The summed E-state index contributed by atoms with van der Waals surface area (Å²) in [6, 6.07) is 12.3. The van der Waals surface area contributed by atoms with Crippen LogP contribution in [0.2, 0.25) is 0 Å². The molecule has 2 unspecified atom stereocenters. The molecule has 0 saturated heterocycles. The van der Waals surface area contributed by atoms with Crippen LogP contribution in [-0.2, 0) is 0 Å². The van der Waals surface area contributed by atoms with E-state index in [-0.39, 0.29) is 0 Å². The molecule has 0 heterocycles. The summed E-state index contributed by atoms with van der Waals surface area (Å²) in [7, 11) is 1.68. The van der Waals surface area contributed by atoms with Gasteiger partial charge in [0.15, 0.2) is 0 Å². The number of methoxy groups -OCH3 is 1. The quantitative estimate of drug-likeness (QED) is 0.702. The first kappa shape index (κ1) is 17.6. The van der Waals surface area contributed by atoms with Crippen molar-refractivity contribution in [2.24, 2.45) is 5.92 Å². The van der Waals surface area contributed by atoms with Crippen molar-refractivity contribution in [3.8, 4) is 5.75 Å². The van der Waals surface area contributed by atoms with Gasteiger partial charge in [-0.2, -0.15) is 0 Å². The van der Waals surface area contributed by atoms with Crippen LogP contribution >= 0.6 is 0 Å². The molecule has 25 heavy (non-hydrogen) atoms. The SMILES string of the molecule is C=C(c1ccc(OC)cc1)c1ccc(C)c(C2CCCC(C)C2)c1N. The summed E-state index contributed by atoms with van der Waals surface area (Å²) in [5.41, 5.74) is 13.4. The van der Waals surface area contributed by atoms with Gasteiger partial charge < -0.3 is 10.5 Å². The first-order valence-corrected chi connectivity index (χ1v) is 9.24. The molecule has 0 amide bonds. The summed E-state index contributed by atoms with van der Waals surface area (Å²) in [5.74, 6) is 2.21. The van der Waals surface area contributed by atoms with Gasteiger partial charge in [-0.05, 0) is 66.0 Å². The van der Waals surface area contributed by atoms with Gasteiger partial charge in [-0.25, -0.2) is 0 Å². The Bertz CT molecular complexity index is 760. The molecule has 1 fully saturated rings. The molecule has 1 aliphatic carbocycles. The maximum Gasteiger partial charge on any atom is 0.118 e. The topological polar surface area (TPSA) is 35.2 Å². The molecule has 2 N–H and O–H groups in total. The van der Waals surface area contributed by atoms with Gasteiger partial charge in [0.2, 0.25) is 0 Å². The van der Waals surface area contributed by atoms with E-state index in [1.807, 2.05) is 24.3 Å². The highest BCUT2D eigenvalue weighted by molar-refractivity contribution is 5.86. The van der Waals surface area contributed by atoms with Crippen LogP contribution in [-0.4, -0.2) is 7.11 Å². The van der Waals surface area contributed by atoms with Gasteiger partial charge in [-0.15, -0.1) is 0 Å².